The van der Waals surface area contributed by atoms with Gasteiger partial charge in [0.1, 0.15) is 34.8 Å². The van der Waals surface area contributed by atoms with Gasteiger partial charge in [0.15, 0.2) is 0 Å². The Bertz CT molecular complexity index is 809. The third-order valence-electron chi connectivity index (χ3n) is 2.84. The van der Waals surface area contributed by atoms with Crippen molar-refractivity contribution in [3.8, 4) is 29.0 Å². The molecule has 0 fully saturated rings. The lowest BCUT2D eigenvalue weighted by Gasteiger charge is -2.12. The second kappa shape index (κ2) is 5.17. The minimum absolute atomic E-state index is 0.0469. The molecule has 0 aliphatic carbocycles. The molecule has 1 aromatic heterocycles. The van der Waals surface area contributed by atoms with E-state index in [1.165, 1.54) is 7.11 Å². The number of pyridine rings is 1. The molecule has 98 valence electrons. The van der Waals surface area contributed by atoms with Crippen molar-refractivity contribution in [2.45, 2.75) is 0 Å². The summed E-state index contributed by atoms with van der Waals surface area (Å²) in [5.74, 6) is 0.378. The molecular formula is C14H10N4O2. The van der Waals surface area contributed by atoms with Gasteiger partial charge in [0, 0.05) is 11.1 Å². The lowest BCUT2D eigenvalue weighted by atomic mass is 9.96. The van der Waals surface area contributed by atoms with Gasteiger partial charge < -0.3 is 15.5 Å². The Morgan fingerprint density at radius 3 is 2.45 bits per heavy atom. The molecule has 6 heteroatoms. The van der Waals surface area contributed by atoms with Gasteiger partial charge in [0.05, 0.1) is 7.11 Å². The number of nitriles is 2. The number of ether oxygens (including phenoxy) is 1. The number of benzene rings is 1. The number of aromatic nitrogens is 1. The molecule has 1 heterocycles. The summed E-state index contributed by atoms with van der Waals surface area (Å²) in [5.41, 5.74) is 5.56. The molecule has 0 amide bonds. The van der Waals surface area contributed by atoms with Crippen LogP contribution < -0.4 is 16.0 Å². The number of nitrogens with one attached hydrogen (secondary N) is 1. The van der Waals surface area contributed by atoms with Crippen LogP contribution in [0.25, 0.3) is 11.1 Å². The van der Waals surface area contributed by atoms with Crippen LogP contribution in [0.3, 0.4) is 0 Å². The fraction of sp³-hybridized carbons (Fsp3) is 0.0714. The first-order chi connectivity index (χ1) is 9.63. The van der Waals surface area contributed by atoms with E-state index in [1.807, 2.05) is 12.1 Å². The number of anilines is 1. The predicted molar refractivity (Wildman–Crippen MR) is 72.9 cm³/mol. The van der Waals surface area contributed by atoms with Gasteiger partial charge in [-0.05, 0) is 6.07 Å². The van der Waals surface area contributed by atoms with E-state index >= 15 is 0 Å². The molecule has 0 atom stereocenters. The number of aromatic amines is 1. The molecule has 6 nitrogen and oxygen atoms in total. The third-order valence-corrected chi connectivity index (χ3v) is 2.84. The molecule has 2 aromatic rings. The van der Waals surface area contributed by atoms with Gasteiger partial charge in [0.2, 0.25) is 0 Å². The Morgan fingerprint density at radius 1 is 1.20 bits per heavy atom. The Labute approximate surface area is 114 Å². The average Bonchev–Trinajstić information content (AvgIpc) is 2.46. The summed E-state index contributed by atoms with van der Waals surface area (Å²) in [6.07, 6.45) is 0. The van der Waals surface area contributed by atoms with Crippen LogP contribution in [0, 0.1) is 22.7 Å². The Morgan fingerprint density at radius 2 is 1.85 bits per heavy atom. The molecule has 0 saturated carbocycles. The van der Waals surface area contributed by atoms with E-state index < -0.39 is 5.56 Å². The van der Waals surface area contributed by atoms with E-state index in [4.69, 9.17) is 10.5 Å². The quantitative estimate of drug-likeness (QED) is 0.851. The maximum Gasteiger partial charge on any atom is 0.268 e. The number of nitrogen functional groups attached to an aromatic ring is 1. The minimum Gasteiger partial charge on any atom is -0.496 e. The summed E-state index contributed by atoms with van der Waals surface area (Å²) in [4.78, 5) is 14.1. The summed E-state index contributed by atoms with van der Waals surface area (Å²) in [6, 6.07) is 10.5. The maximum absolute atomic E-state index is 11.8. The number of hydrogen-bond acceptors (Lipinski definition) is 5. The molecule has 0 spiro atoms. The summed E-state index contributed by atoms with van der Waals surface area (Å²) in [6.45, 7) is 0. The van der Waals surface area contributed by atoms with Crippen molar-refractivity contribution >= 4 is 5.82 Å². The van der Waals surface area contributed by atoms with Gasteiger partial charge in [-0.2, -0.15) is 10.5 Å². The average molecular weight is 266 g/mol. The number of hydrogen-bond donors (Lipinski definition) is 2. The largest absolute Gasteiger partial charge is 0.496 e. The highest BCUT2D eigenvalue weighted by Gasteiger charge is 2.20. The summed E-state index contributed by atoms with van der Waals surface area (Å²) in [5, 5.41) is 18.4. The summed E-state index contributed by atoms with van der Waals surface area (Å²) < 4.78 is 5.21. The van der Waals surface area contributed by atoms with Crippen molar-refractivity contribution in [2.75, 3.05) is 12.8 Å². The van der Waals surface area contributed by atoms with Crippen molar-refractivity contribution in [1.82, 2.24) is 4.98 Å². The van der Waals surface area contributed by atoms with Crippen molar-refractivity contribution in [3.05, 3.63) is 45.7 Å². The molecule has 0 aliphatic rings. The van der Waals surface area contributed by atoms with Crippen LogP contribution in [0.15, 0.2) is 29.1 Å². The highest BCUT2D eigenvalue weighted by molar-refractivity contribution is 5.83. The fourth-order valence-corrected chi connectivity index (χ4v) is 1.96. The molecule has 0 unspecified atom stereocenters. The molecule has 0 saturated heterocycles. The van der Waals surface area contributed by atoms with Crippen LogP contribution in [0.4, 0.5) is 5.82 Å². The van der Waals surface area contributed by atoms with E-state index in [0.717, 1.165) is 0 Å². The summed E-state index contributed by atoms with van der Waals surface area (Å²) in [7, 11) is 1.47. The molecule has 0 bridgehead atoms. The van der Waals surface area contributed by atoms with E-state index in [0.29, 0.717) is 11.3 Å². The van der Waals surface area contributed by atoms with E-state index in [2.05, 4.69) is 4.98 Å². The standard InChI is InChI=1S/C14H10N4O2/c1-20-11-5-3-2-4-8(11)12-9(6-15)13(17)18-14(19)10(12)7-16/h2-5H,1H3,(H3,17,18,19). The van der Waals surface area contributed by atoms with Crippen molar-refractivity contribution < 1.29 is 4.74 Å². The number of rotatable bonds is 2. The highest BCUT2D eigenvalue weighted by atomic mass is 16.5. The zero-order valence-corrected chi connectivity index (χ0v) is 10.6. The van der Waals surface area contributed by atoms with Crippen molar-refractivity contribution in [1.29, 1.82) is 10.5 Å². The van der Waals surface area contributed by atoms with Gasteiger partial charge in [-0.15, -0.1) is 0 Å². The maximum atomic E-state index is 11.8. The molecular weight excluding hydrogens is 256 g/mol. The molecule has 3 N–H and O–H groups in total. The zero-order valence-electron chi connectivity index (χ0n) is 10.6. The monoisotopic (exact) mass is 266 g/mol. The third kappa shape index (κ3) is 1.96. The van der Waals surface area contributed by atoms with Crippen LogP contribution in [0.2, 0.25) is 0 Å². The van der Waals surface area contributed by atoms with E-state index in [-0.39, 0.29) is 22.5 Å². The first kappa shape index (κ1) is 13.2. The SMILES string of the molecule is COc1ccccc1-c1c(C#N)c(N)[nH]c(=O)c1C#N. The van der Waals surface area contributed by atoms with Gasteiger partial charge >= 0.3 is 0 Å². The number of para-hydroxylation sites is 1. The van der Waals surface area contributed by atoms with Crippen LogP contribution in [-0.2, 0) is 0 Å². The molecule has 1 aromatic carbocycles. The van der Waals surface area contributed by atoms with Crippen LogP contribution in [0.5, 0.6) is 5.75 Å². The Hall–Kier alpha value is -3.25. The van der Waals surface area contributed by atoms with Gasteiger partial charge in [-0.25, -0.2) is 0 Å². The predicted octanol–water partition coefficient (Wildman–Crippen LogP) is 1.38. The minimum atomic E-state index is -0.634. The number of H-pyrrole nitrogens is 1. The van der Waals surface area contributed by atoms with Crippen LogP contribution in [0.1, 0.15) is 11.1 Å². The number of nitrogens with two attached hydrogens (primary N) is 1. The second-order valence-corrected chi connectivity index (χ2v) is 3.92. The Balaban J connectivity index is 2.97. The number of nitrogens with zero attached hydrogens (tertiary/aromatic N) is 2. The highest BCUT2D eigenvalue weighted by Crippen LogP contribution is 2.34. The van der Waals surface area contributed by atoms with Crippen molar-refractivity contribution in [3.63, 3.8) is 0 Å². The molecule has 2 rings (SSSR count). The van der Waals surface area contributed by atoms with Crippen LogP contribution in [-0.4, -0.2) is 12.1 Å². The normalized spacial score (nSPS) is 9.55. The molecule has 20 heavy (non-hydrogen) atoms. The lowest BCUT2D eigenvalue weighted by molar-refractivity contribution is 0.416. The van der Waals surface area contributed by atoms with Gasteiger partial charge in [-0.1, -0.05) is 18.2 Å². The summed E-state index contributed by atoms with van der Waals surface area (Å²) >= 11 is 0. The fourth-order valence-electron chi connectivity index (χ4n) is 1.96. The molecule has 0 aliphatic heterocycles. The molecule has 0 radical (unpaired) electrons. The zero-order chi connectivity index (χ0) is 14.7. The van der Waals surface area contributed by atoms with Crippen molar-refractivity contribution in [2.24, 2.45) is 0 Å². The smallest absolute Gasteiger partial charge is 0.268 e. The Kier molecular flexibility index (Phi) is 3.41. The second-order valence-electron chi connectivity index (χ2n) is 3.92. The lowest BCUT2D eigenvalue weighted by Crippen LogP contribution is -2.16. The first-order valence-electron chi connectivity index (χ1n) is 5.63. The van der Waals surface area contributed by atoms with Crippen LogP contribution >= 0.6 is 0 Å². The van der Waals surface area contributed by atoms with Gasteiger partial charge in [0.25, 0.3) is 5.56 Å². The van der Waals surface area contributed by atoms with E-state index in [9.17, 15) is 15.3 Å². The topological polar surface area (TPSA) is 116 Å². The number of methoxy groups -OCH3 is 1. The van der Waals surface area contributed by atoms with E-state index in [1.54, 1.807) is 24.3 Å². The first-order valence-corrected chi connectivity index (χ1v) is 5.63. The van der Waals surface area contributed by atoms with Gasteiger partial charge in [-0.3, -0.25) is 4.79 Å².